The van der Waals surface area contributed by atoms with E-state index in [1.54, 1.807) is 12.1 Å². The molecule has 2 unspecified atom stereocenters. The van der Waals surface area contributed by atoms with Crippen molar-refractivity contribution in [2.45, 2.75) is 18.2 Å². The Kier molecular flexibility index (Phi) is 6.81. The van der Waals surface area contributed by atoms with Crippen LogP contribution >= 0.6 is 11.6 Å². The van der Waals surface area contributed by atoms with E-state index in [0.29, 0.717) is 16.6 Å². The molecule has 1 saturated carbocycles. The maximum atomic E-state index is 12.6. The number of amides is 3. The highest BCUT2D eigenvalue weighted by Crippen LogP contribution is 2.37. The number of nitrogens with one attached hydrogen (secondary N) is 4. The quantitative estimate of drug-likeness (QED) is 0.462. The highest BCUT2D eigenvalue weighted by Gasteiger charge is 2.38. The van der Waals surface area contributed by atoms with Crippen molar-refractivity contribution in [3.63, 3.8) is 0 Å². The van der Waals surface area contributed by atoms with E-state index in [9.17, 15) is 22.8 Å². The molecule has 0 aliphatic heterocycles. The van der Waals surface area contributed by atoms with Gasteiger partial charge >= 0.3 is 0 Å². The van der Waals surface area contributed by atoms with Crippen LogP contribution in [-0.4, -0.2) is 32.7 Å². The predicted molar refractivity (Wildman–Crippen MR) is 115 cm³/mol. The van der Waals surface area contributed by atoms with Crippen LogP contribution in [0.1, 0.15) is 23.7 Å². The van der Waals surface area contributed by atoms with Crippen LogP contribution in [0, 0.1) is 11.8 Å². The van der Waals surface area contributed by atoms with Gasteiger partial charge in [-0.15, -0.1) is 0 Å². The molecular formula is C20H21ClN4O5S. The number of hydrogen-bond donors (Lipinski definition) is 4. The van der Waals surface area contributed by atoms with Crippen LogP contribution in [0.2, 0.25) is 5.02 Å². The van der Waals surface area contributed by atoms with E-state index in [4.69, 9.17) is 11.6 Å². The molecule has 9 nitrogen and oxygen atoms in total. The van der Waals surface area contributed by atoms with E-state index < -0.39 is 21.8 Å². The van der Waals surface area contributed by atoms with Crippen molar-refractivity contribution in [2.75, 3.05) is 11.3 Å². The van der Waals surface area contributed by atoms with Gasteiger partial charge in [-0.25, -0.2) is 8.42 Å². The largest absolute Gasteiger partial charge is 0.347 e. The van der Waals surface area contributed by atoms with Gasteiger partial charge in [0.05, 0.1) is 11.4 Å². The van der Waals surface area contributed by atoms with Crippen molar-refractivity contribution in [2.24, 2.45) is 11.8 Å². The van der Waals surface area contributed by atoms with E-state index in [2.05, 4.69) is 20.9 Å². The lowest BCUT2D eigenvalue weighted by atomic mass is 10.2. The molecule has 31 heavy (non-hydrogen) atoms. The molecule has 2 atom stereocenters. The molecule has 1 aliphatic rings. The average Bonchev–Trinajstić information content (AvgIpc) is 3.48. The molecule has 0 radical (unpaired) electrons. The minimum atomic E-state index is -3.95. The fourth-order valence-electron chi connectivity index (χ4n) is 2.77. The van der Waals surface area contributed by atoms with Crippen LogP contribution in [0.4, 0.5) is 5.69 Å². The van der Waals surface area contributed by atoms with Gasteiger partial charge in [-0.3, -0.25) is 30.0 Å². The highest BCUT2D eigenvalue weighted by atomic mass is 35.5. The molecule has 0 saturated heterocycles. The van der Waals surface area contributed by atoms with Gasteiger partial charge in [0.1, 0.15) is 0 Å². The van der Waals surface area contributed by atoms with Gasteiger partial charge in [0.2, 0.25) is 5.91 Å². The molecule has 0 heterocycles. The number of sulfonamides is 1. The van der Waals surface area contributed by atoms with E-state index in [1.807, 2.05) is 6.92 Å². The van der Waals surface area contributed by atoms with Gasteiger partial charge in [-0.1, -0.05) is 24.6 Å². The minimum Gasteiger partial charge on any atom is -0.347 e. The van der Waals surface area contributed by atoms with Gasteiger partial charge in [0.25, 0.3) is 21.8 Å². The van der Waals surface area contributed by atoms with Crippen molar-refractivity contribution in [3.05, 3.63) is 59.1 Å². The van der Waals surface area contributed by atoms with E-state index in [-0.39, 0.29) is 28.8 Å². The Bertz CT molecular complexity index is 1100. The number of halogens is 1. The van der Waals surface area contributed by atoms with Crippen molar-refractivity contribution in [1.29, 1.82) is 0 Å². The molecule has 0 spiro atoms. The Morgan fingerprint density at radius 1 is 1.06 bits per heavy atom. The van der Waals surface area contributed by atoms with E-state index >= 15 is 0 Å². The fourth-order valence-corrected chi connectivity index (χ4v) is 4.00. The standard InChI is InChI=1S/C20H21ClN4O5S/c1-12-9-17(12)20(28)22-11-18(26)23-24-19(27)13-3-2-4-16(10-13)31(29,30)25-15-7-5-14(21)6-8-15/h2-8,10,12,17,25H,9,11H2,1H3,(H,22,28)(H,23,26)(H,24,27). The molecule has 4 N–H and O–H groups in total. The number of carbonyl (C=O) groups is 3. The molecule has 3 amide bonds. The van der Waals surface area contributed by atoms with Gasteiger partial charge in [0.15, 0.2) is 0 Å². The van der Waals surface area contributed by atoms with Crippen molar-refractivity contribution in [1.82, 2.24) is 16.2 Å². The van der Waals surface area contributed by atoms with Crippen LogP contribution in [0.3, 0.4) is 0 Å². The first kappa shape index (κ1) is 22.6. The number of anilines is 1. The smallest absolute Gasteiger partial charge is 0.269 e. The molecule has 0 bridgehead atoms. The zero-order valence-corrected chi connectivity index (χ0v) is 18.1. The van der Waals surface area contributed by atoms with Crippen LogP contribution in [0.15, 0.2) is 53.4 Å². The molecular weight excluding hydrogens is 444 g/mol. The first-order valence-corrected chi connectivity index (χ1v) is 11.3. The zero-order chi connectivity index (χ0) is 22.6. The molecule has 11 heteroatoms. The summed E-state index contributed by atoms with van der Waals surface area (Å²) in [6, 6.07) is 11.4. The summed E-state index contributed by atoms with van der Waals surface area (Å²) in [6.45, 7) is 1.67. The first-order chi connectivity index (χ1) is 14.7. The third-order valence-electron chi connectivity index (χ3n) is 4.69. The summed E-state index contributed by atoms with van der Waals surface area (Å²) < 4.78 is 27.5. The second kappa shape index (κ2) is 9.36. The molecule has 1 fully saturated rings. The summed E-state index contributed by atoms with van der Waals surface area (Å²) in [6.07, 6.45) is 0.802. The number of hydrogen-bond acceptors (Lipinski definition) is 5. The van der Waals surface area contributed by atoms with Crippen LogP contribution in [0.5, 0.6) is 0 Å². The monoisotopic (exact) mass is 464 g/mol. The van der Waals surface area contributed by atoms with Gasteiger partial charge in [-0.2, -0.15) is 0 Å². The van der Waals surface area contributed by atoms with Gasteiger partial charge in [-0.05, 0) is 54.8 Å². The lowest BCUT2D eigenvalue weighted by molar-refractivity contribution is -0.127. The van der Waals surface area contributed by atoms with E-state index in [0.717, 1.165) is 6.42 Å². The molecule has 2 aromatic carbocycles. The molecule has 2 aromatic rings. The second-order valence-corrected chi connectivity index (χ2v) is 9.30. The SMILES string of the molecule is CC1CC1C(=O)NCC(=O)NNC(=O)c1cccc(S(=O)(=O)Nc2ccc(Cl)cc2)c1. The number of benzene rings is 2. The third kappa shape index (κ3) is 6.19. The maximum Gasteiger partial charge on any atom is 0.269 e. The zero-order valence-electron chi connectivity index (χ0n) is 16.5. The van der Waals surface area contributed by atoms with Crippen molar-refractivity contribution < 1.29 is 22.8 Å². The first-order valence-electron chi connectivity index (χ1n) is 9.41. The van der Waals surface area contributed by atoms with Crippen LogP contribution < -0.4 is 20.9 Å². The summed E-state index contributed by atoms with van der Waals surface area (Å²) in [7, 11) is -3.95. The van der Waals surface area contributed by atoms with Crippen LogP contribution in [-0.2, 0) is 19.6 Å². The van der Waals surface area contributed by atoms with Gasteiger partial charge < -0.3 is 5.32 Å². The average molecular weight is 465 g/mol. The Labute approximate surface area is 184 Å². The van der Waals surface area contributed by atoms with Crippen molar-refractivity contribution >= 4 is 45.0 Å². The lowest BCUT2D eigenvalue weighted by Crippen LogP contribution is -2.46. The molecule has 1 aliphatic carbocycles. The number of rotatable bonds is 7. The van der Waals surface area contributed by atoms with E-state index in [1.165, 1.54) is 36.4 Å². The molecule has 164 valence electrons. The minimum absolute atomic E-state index is 0.0233. The van der Waals surface area contributed by atoms with Crippen molar-refractivity contribution in [3.8, 4) is 0 Å². The Hall–Kier alpha value is -3.11. The Morgan fingerprint density at radius 2 is 1.74 bits per heavy atom. The number of carbonyl (C=O) groups excluding carboxylic acids is 3. The summed E-state index contributed by atoms with van der Waals surface area (Å²) in [5, 5.41) is 2.96. The fraction of sp³-hybridized carbons (Fsp3) is 0.250. The highest BCUT2D eigenvalue weighted by molar-refractivity contribution is 7.92. The summed E-state index contributed by atoms with van der Waals surface area (Å²) in [5.74, 6) is -1.25. The summed E-state index contributed by atoms with van der Waals surface area (Å²) in [5.41, 5.74) is 4.71. The Balaban J connectivity index is 1.56. The molecule has 0 aromatic heterocycles. The van der Waals surface area contributed by atoms with Crippen LogP contribution in [0.25, 0.3) is 0 Å². The summed E-state index contributed by atoms with van der Waals surface area (Å²) in [4.78, 5) is 35.7. The number of hydrazine groups is 1. The maximum absolute atomic E-state index is 12.6. The predicted octanol–water partition coefficient (Wildman–Crippen LogP) is 1.67. The summed E-state index contributed by atoms with van der Waals surface area (Å²) >= 11 is 5.79. The topological polar surface area (TPSA) is 133 Å². The molecule has 3 rings (SSSR count). The second-order valence-electron chi connectivity index (χ2n) is 7.18. The normalized spacial score (nSPS) is 17.4. The Morgan fingerprint density at radius 3 is 2.39 bits per heavy atom. The van der Waals surface area contributed by atoms with Gasteiger partial charge in [0, 0.05) is 22.2 Å². The third-order valence-corrected chi connectivity index (χ3v) is 6.32. The lowest BCUT2D eigenvalue weighted by Gasteiger charge is -2.11.